The smallest absolute Gasteiger partial charge is 0.193 e. The molecule has 0 aromatic heterocycles. The molecule has 1 aromatic rings. The van der Waals surface area contributed by atoms with Crippen LogP contribution in [0.2, 0.25) is 0 Å². The molecule has 0 radical (unpaired) electrons. The van der Waals surface area contributed by atoms with Crippen molar-refractivity contribution in [2.24, 2.45) is 10.9 Å². The van der Waals surface area contributed by atoms with Gasteiger partial charge in [-0.3, -0.25) is 4.99 Å². The summed E-state index contributed by atoms with van der Waals surface area (Å²) in [6, 6.07) is 10.8. The normalized spacial score (nSPS) is 19.8. The van der Waals surface area contributed by atoms with Crippen molar-refractivity contribution in [1.29, 1.82) is 0 Å². The fourth-order valence-corrected chi connectivity index (χ4v) is 2.71. The number of hydrogen-bond donors (Lipinski definition) is 1. The minimum atomic E-state index is 0.752. The quantitative estimate of drug-likeness (QED) is 0.664. The Morgan fingerprint density at radius 3 is 2.84 bits per heavy atom. The molecule has 0 amide bonds. The molecule has 0 aliphatic carbocycles. The Hall–Kier alpha value is -1.51. The zero-order chi connectivity index (χ0) is 13.5. The van der Waals surface area contributed by atoms with Crippen LogP contribution in [0.1, 0.15) is 25.3 Å². The molecule has 1 unspecified atom stereocenters. The second-order valence-corrected chi connectivity index (χ2v) is 5.26. The third-order valence-corrected chi connectivity index (χ3v) is 3.70. The lowest BCUT2D eigenvalue weighted by atomic mass is 9.99. The first kappa shape index (κ1) is 13.9. The van der Waals surface area contributed by atoms with Crippen LogP contribution in [-0.4, -0.2) is 37.5 Å². The summed E-state index contributed by atoms with van der Waals surface area (Å²) in [4.78, 5) is 6.77. The van der Waals surface area contributed by atoms with Crippen LogP contribution in [0.15, 0.2) is 35.3 Å². The van der Waals surface area contributed by atoms with Crippen molar-refractivity contribution in [3.05, 3.63) is 35.9 Å². The van der Waals surface area contributed by atoms with E-state index in [9.17, 15) is 0 Å². The first-order valence-corrected chi connectivity index (χ1v) is 7.33. The van der Waals surface area contributed by atoms with Crippen molar-refractivity contribution >= 4 is 5.96 Å². The third-order valence-electron chi connectivity index (χ3n) is 3.70. The predicted octanol–water partition coefficient (Wildman–Crippen LogP) is 2.54. The van der Waals surface area contributed by atoms with E-state index < -0.39 is 0 Å². The summed E-state index contributed by atoms with van der Waals surface area (Å²) in [7, 11) is 1.88. The molecule has 1 aliphatic rings. The highest BCUT2D eigenvalue weighted by molar-refractivity contribution is 5.80. The molecule has 19 heavy (non-hydrogen) atoms. The van der Waals surface area contributed by atoms with Crippen LogP contribution >= 0.6 is 0 Å². The van der Waals surface area contributed by atoms with E-state index in [1.165, 1.54) is 18.4 Å². The molecule has 0 bridgehead atoms. The minimum Gasteiger partial charge on any atom is -0.356 e. The number of benzene rings is 1. The van der Waals surface area contributed by atoms with Gasteiger partial charge in [0.25, 0.3) is 0 Å². The van der Waals surface area contributed by atoms with Gasteiger partial charge in [0.1, 0.15) is 0 Å². The number of nitrogens with one attached hydrogen (secondary N) is 1. The highest BCUT2D eigenvalue weighted by Gasteiger charge is 2.24. The van der Waals surface area contributed by atoms with E-state index in [1.807, 2.05) is 7.05 Å². The molecule has 3 heteroatoms. The summed E-state index contributed by atoms with van der Waals surface area (Å²) in [5.74, 6) is 1.82. The predicted molar refractivity (Wildman–Crippen MR) is 81.5 cm³/mol. The zero-order valence-corrected chi connectivity index (χ0v) is 12.1. The minimum absolute atomic E-state index is 0.752. The van der Waals surface area contributed by atoms with Crippen molar-refractivity contribution < 1.29 is 0 Å². The molecule has 1 heterocycles. The first-order chi connectivity index (χ1) is 9.33. The van der Waals surface area contributed by atoms with E-state index in [4.69, 9.17) is 0 Å². The van der Waals surface area contributed by atoms with E-state index in [0.717, 1.165) is 37.9 Å². The lowest BCUT2D eigenvalue weighted by molar-refractivity contribution is 0.460. The Kier molecular flexibility index (Phi) is 5.25. The molecule has 1 fully saturated rings. The topological polar surface area (TPSA) is 27.6 Å². The van der Waals surface area contributed by atoms with Gasteiger partial charge >= 0.3 is 0 Å². The number of nitrogens with zero attached hydrogens (tertiary/aromatic N) is 2. The van der Waals surface area contributed by atoms with Crippen LogP contribution < -0.4 is 5.32 Å². The van der Waals surface area contributed by atoms with Gasteiger partial charge in [0.05, 0.1) is 0 Å². The molecule has 0 spiro atoms. The average molecular weight is 259 g/mol. The van der Waals surface area contributed by atoms with Crippen LogP contribution in [-0.2, 0) is 6.42 Å². The number of aliphatic imine (C=N–C) groups is 1. The van der Waals surface area contributed by atoms with E-state index in [0.29, 0.717) is 0 Å². The van der Waals surface area contributed by atoms with Gasteiger partial charge < -0.3 is 10.2 Å². The molecular formula is C16H25N3. The molecule has 0 saturated carbocycles. The SMILES string of the molecule is CCCNC(=NC)N1CCC(Cc2ccccc2)C1. The highest BCUT2D eigenvalue weighted by Crippen LogP contribution is 2.20. The summed E-state index contributed by atoms with van der Waals surface area (Å²) < 4.78 is 0. The zero-order valence-electron chi connectivity index (χ0n) is 12.1. The van der Waals surface area contributed by atoms with Gasteiger partial charge in [0.2, 0.25) is 0 Å². The van der Waals surface area contributed by atoms with Crippen molar-refractivity contribution in [2.45, 2.75) is 26.2 Å². The Balaban J connectivity index is 1.85. The van der Waals surface area contributed by atoms with Gasteiger partial charge in [0, 0.05) is 26.7 Å². The van der Waals surface area contributed by atoms with Gasteiger partial charge in [0.15, 0.2) is 5.96 Å². The van der Waals surface area contributed by atoms with Crippen LogP contribution in [0.5, 0.6) is 0 Å². The van der Waals surface area contributed by atoms with Crippen molar-refractivity contribution in [1.82, 2.24) is 10.2 Å². The second-order valence-electron chi connectivity index (χ2n) is 5.26. The first-order valence-electron chi connectivity index (χ1n) is 7.33. The van der Waals surface area contributed by atoms with Gasteiger partial charge in [-0.25, -0.2) is 0 Å². The summed E-state index contributed by atoms with van der Waals surface area (Å²) in [6.45, 7) is 5.44. The van der Waals surface area contributed by atoms with Crippen molar-refractivity contribution in [3.63, 3.8) is 0 Å². The largest absolute Gasteiger partial charge is 0.356 e. The van der Waals surface area contributed by atoms with Crippen molar-refractivity contribution in [3.8, 4) is 0 Å². The maximum atomic E-state index is 4.38. The fraction of sp³-hybridized carbons (Fsp3) is 0.562. The summed E-state index contributed by atoms with van der Waals surface area (Å²) in [5.41, 5.74) is 1.45. The molecule has 2 rings (SSSR count). The van der Waals surface area contributed by atoms with E-state index in [2.05, 4.69) is 52.5 Å². The molecule has 104 valence electrons. The Labute approximate surface area is 116 Å². The van der Waals surface area contributed by atoms with Crippen LogP contribution in [0.25, 0.3) is 0 Å². The summed E-state index contributed by atoms with van der Waals surface area (Å²) in [6.07, 6.45) is 3.59. The molecule has 1 atom stereocenters. The monoisotopic (exact) mass is 259 g/mol. The fourth-order valence-electron chi connectivity index (χ4n) is 2.71. The van der Waals surface area contributed by atoms with Gasteiger partial charge in [-0.05, 0) is 30.7 Å². The second kappa shape index (κ2) is 7.17. The van der Waals surface area contributed by atoms with Crippen LogP contribution in [0, 0.1) is 5.92 Å². The Bertz CT molecular complexity index is 400. The summed E-state index contributed by atoms with van der Waals surface area (Å²) in [5, 5.41) is 3.42. The van der Waals surface area contributed by atoms with Crippen LogP contribution in [0.3, 0.4) is 0 Å². The molecule has 3 nitrogen and oxygen atoms in total. The number of rotatable bonds is 4. The maximum absolute atomic E-state index is 4.38. The number of guanidine groups is 1. The molecule has 1 saturated heterocycles. The van der Waals surface area contributed by atoms with Crippen molar-refractivity contribution in [2.75, 3.05) is 26.7 Å². The van der Waals surface area contributed by atoms with Gasteiger partial charge in [-0.2, -0.15) is 0 Å². The molecule has 1 aliphatic heterocycles. The lowest BCUT2D eigenvalue weighted by Gasteiger charge is -2.21. The lowest BCUT2D eigenvalue weighted by Crippen LogP contribution is -2.40. The third kappa shape index (κ3) is 3.98. The van der Waals surface area contributed by atoms with Gasteiger partial charge in [-0.15, -0.1) is 0 Å². The molecule has 1 aromatic carbocycles. The van der Waals surface area contributed by atoms with E-state index in [-0.39, 0.29) is 0 Å². The summed E-state index contributed by atoms with van der Waals surface area (Å²) >= 11 is 0. The van der Waals surface area contributed by atoms with Crippen LogP contribution in [0.4, 0.5) is 0 Å². The number of hydrogen-bond acceptors (Lipinski definition) is 1. The standard InChI is InChI=1S/C16H25N3/c1-3-10-18-16(17-2)19-11-9-15(13-19)12-14-7-5-4-6-8-14/h4-8,15H,3,9-13H2,1-2H3,(H,17,18). The Morgan fingerprint density at radius 2 is 2.16 bits per heavy atom. The van der Waals surface area contributed by atoms with Gasteiger partial charge in [-0.1, -0.05) is 37.3 Å². The molecule has 1 N–H and O–H groups in total. The van der Waals surface area contributed by atoms with E-state index >= 15 is 0 Å². The highest BCUT2D eigenvalue weighted by atomic mass is 15.3. The Morgan fingerprint density at radius 1 is 1.37 bits per heavy atom. The number of likely N-dealkylation sites (tertiary alicyclic amines) is 1. The van der Waals surface area contributed by atoms with E-state index in [1.54, 1.807) is 0 Å². The maximum Gasteiger partial charge on any atom is 0.193 e. The molecular weight excluding hydrogens is 234 g/mol. The average Bonchev–Trinajstić information content (AvgIpc) is 2.89.